The lowest BCUT2D eigenvalue weighted by atomic mass is 9.75. The Kier molecular flexibility index (Phi) is 12.5. The number of halogens is 10. The summed E-state index contributed by atoms with van der Waals surface area (Å²) >= 11 is 13.5. The highest BCUT2D eigenvalue weighted by molar-refractivity contribution is 9.11. The third-order valence-electron chi connectivity index (χ3n) is 9.94. The Balaban J connectivity index is 1.56. The van der Waals surface area contributed by atoms with Crippen LogP contribution in [0.25, 0.3) is 11.1 Å². The molecule has 6 rings (SSSR count). The summed E-state index contributed by atoms with van der Waals surface area (Å²) in [5.74, 6) is 6.03. The first-order valence-corrected chi connectivity index (χ1v) is 22.8. The minimum absolute atomic E-state index is 0.0339. The Morgan fingerprint density at radius 1 is 0.581 bits per heavy atom. The SMILES string of the molecule is N/N=C1/CC(c2c(Br)cc(-c3cc(Br)c(C4(S(=O)(=O)O)C/C(=N\N)C(=NC(=O)C(F)(F)F)c5ccccc54)c(Br)c3)cc2Br)(S(=O)(=O)O)c2ccccc2C1=NC(=O)C(F)(F)F. The average Bonchev–Trinajstić information content (AvgIpc) is 3.16. The van der Waals surface area contributed by atoms with Gasteiger partial charge in [-0.15, -0.1) is 0 Å². The van der Waals surface area contributed by atoms with Crippen LogP contribution in [0.5, 0.6) is 0 Å². The molecule has 0 aromatic heterocycles. The molecule has 2 aliphatic rings. The molecular weight excluding hydrogens is 1140 g/mol. The van der Waals surface area contributed by atoms with E-state index in [0.29, 0.717) is 0 Å². The van der Waals surface area contributed by atoms with Crippen molar-refractivity contribution in [3.8, 4) is 11.1 Å². The van der Waals surface area contributed by atoms with Gasteiger partial charge in [0.1, 0.15) is 0 Å². The second-order valence-corrected chi connectivity index (χ2v) is 20.1. The van der Waals surface area contributed by atoms with Crippen LogP contribution in [0, 0.1) is 0 Å². The van der Waals surface area contributed by atoms with Crippen molar-refractivity contribution in [2.24, 2.45) is 31.9 Å². The third-order valence-corrected chi connectivity index (χ3v) is 15.3. The highest BCUT2D eigenvalue weighted by Gasteiger charge is 2.57. The summed E-state index contributed by atoms with van der Waals surface area (Å²) in [5.41, 5.74) is -3.68. The van der Waals surface area contributed by atoms with Crippen molar-refractivity contribution < 1.29 is 61.9 Å². The van der Waals surface area contributed by atoms with Gasteiger partial charge in [0.15, 0.2) is 9.49 Å². The molecule has 0 heterocycles. The molecule has 0 spiro atoms. The lowest BCUT2D eigenvalue weighted by molar-refractivity contribution is -0.169. The minimum Gasteiger partial charge on any atom is -0.323 e. The molecule has 4 aromatic rings. The number of hydrazone groups is 2. The molecule has 62 heavy (non-hydrogen) atoms. The Hall–Kier alpha value is -4.18. The molecule has 0 aliphatic heterocycles. The number of benzene rings is 4. The van der Waals surface area contributed by atoms with Crippen LogP contribution >= 0.6 is 63.7 Å². The monoisotopic (exact) mass is 1160 g/mol. The van der Waals surface area contributed by atoms with Crippen molar-refractivity contribution in [2.75, 3.05) is 0 Å². The number of amides is 2. The summed E-state index contributed by atoms with van der Waals surface area (Å²) in [6, 6.07) is 15.6. The largest absolute Gasteiger partial charge is 0.473 e. The number of hydrogen-bond acceptors (Lipinski definition) is 10. The van der Waals surface area contributed by atoms with Crippen LogP contribution < -0.4 is 11.7 Å². The fourth-order valence-electron chi connectivity index (χ4n) is 7.43. The summed E-state index contributed by atoms with van der Waals surface area (Å²) in [6.45, 7) is 0. The molecular formula is C36H22Br4F6N6O8S2. The van der Waals surface area contributed by atoms with Gasteiger partial charge in [-0.05, 0) is 46.5 Å². The molecule has 2 unspecified atom stereocenters. The van der Waals surface area contributed by atoms with Gasteiger partial charge in [0.05, 0.1) is 22.8 Å². The van der Waals surface area contributed by atoms with Gasteiger partial charge in [0, 0.05) is 53.0 Å². The summed E-state index contributed by atoms with van der Waals surface area (Å²) in [4.78, 5) is 30.3. The molecule has 0 bridgehead atoms. The highest BCUT2D eigenvalue weighted by Crippen LogP contribution is 2.54. The van der Waals surface area contributed by atoms with Crippen LogP contribution in [-0.2, 0) is 39.3 Å². The molecule has 2 aliphatic carbocycles. The van der Waals surface area contributed by atoms with Gasteiger partial charge in [-0.25, -0.2) is 9.98 Å². The van der Waals surface area contributed by atoms with Crippen LogP contribution in [0.1, 0.15) is 46.2 Å². The zero-order valence-electron chi connectivity index (χ0n) is 30.2. The van der Waals surface area contributed by atoms with Crippen molar-refractivity contribution in [2.45, 2.75) is 34.7 Å². The molecule has 6 N–H and O–H groups in total. The standard InChI is InChI=1S/C36H22Br4F6N6O8S2/c37-21-9-15(10-22(38)27(21)33(61(55,56)57)13-25(51-47)29(49-31(53)35(41,42)43)17-5-1-3-7-19(17)33)16-11-23(39)28(24(40)12-16)34(62(58,59)60)14-26(52-48)30(50-32(54)36(44,45)46)18-6-2-4-8-20(18)34/h1-12H,13-14,47-48H2,(H,55,56,57)(H,58,59,60)/b49-29?,50-30?,51-25-,52-26+. The van der Waals surface area contributed by atoms with Crippen molar-refractivity contribution in [3.63, 3.8) is 0 Å². The van der Waals surface area contributed by atoms with Gasteiger partial charge in [0.25, 0.3) is 20.2 Å². The van der Waals surface area contributed by atoms with E-state index in [-0.39, 0.29) is 62.4 Å². The first kappa shape index (κ1) is 47.3. The molecule has 0 fully saturated rings. The van der Waals surface area contributed by atoms with E-state index >= 15 is 0 Å². The van der Waals surface area contributed by atoms with Crippen molar-refractivity contribution in [1.82, 2.24) is 0 Å². The molecule has 2 amide bonds. The van der Waals surface area contributed by atoms with Crippen molar-refractivity contribution in [3.05, 3.63) is 124 Å². The van der Waals surface area contributed by atoms with Gasteiger partial charge in [-0.1, -0.05) is 112 Å². The predicted molar refractivity (Wildman–Crippen MR) is 228 cm³/mol. The smallest absolute Gasteiger partial charge is 0.323 e. The minimum atomic E-state index is -5.42. The van der Waals surface area contributed by atoms with Crippen LogP contribution in [-0.4, -0.2) is 73.0 Å². The van der Waals surface area contributed by atoms with Gasteiger partial charge in [0.2, 0.25) is 0 Å². The van der Waals surface area contributed by atoms with Crippen LogP contribution in [0.2, 0.25) is 0 Å². The van der Waals surface area contributed by atoms with Gasteiger partial charge < -0.3 is 11.7 Å². The zero-order chi connectivity index (χ0) is 46.1. The van der Waals surface area contributed by atoms with E-state index < -0.39 is 89.6 Å². The average molecular weight is 1160 g/mol. The number of hydrogen-bond donors (Lipinski definition) is 4. The molecule has 326 valence electrons. The number of carbonyl (C=O) groups is 2. The fraction of sp³-hybridized carbons (Fsp3) is 0.167. The highest BCUT2D eigenvalue weighted by atomic mass is 79.9. The van der Waals surface area contributed by atoms with Crippen molar-refractivity contribution >= 4 is 119 Å². The zero-order valence-corrected chi connectivity index (χ0v) is 38.2. The van der Waals surface area contributed by atoms with E-state index in [9.17, 15) is 61.9 Å². The number of rotatable bonds is 5. The van der Waals surface area contributed by atoms with E-state index in [0.717, 1.165) is 12.1 Å². The third kappa shape index (κ3) is 7.89. The van der Waals surface area contributed by atoms with Crippen LogP contribution in [0.3, 0.4) is 0 Å². The maximum atomic E-state index is 13.7. The number of alkyl halides is 6. The maximum absolute atomic E-state index is 13.7. The predicted octanol–water partition coefficient (Wildman–Crippen LogP) is 7.86. The molecule has 2 atom stereocenters. The lowest BCUT2D eigenvalue weighted by Gasteiger charge is -2.39. The Morgan fingerprint density at radius 2 is 0.871 bits per heavy atom. The van der Waals surface area contributed by atoms with Gasteiger partial charge in [-0.3, -0.25) is 18.7 Å². The van der Waals surface area contributed by atoms with E-state index in [2.05, 4.69) is 83.9 Å². The van der Waals surface area contributed by atoms with E-state index in [1.807, 2.05) is 0 Å². The topological polar surface area (TPSA) is 244 Å². The normalized spacial score (nSPS) is 22.2. The Morgan fingerprint density at radius 3 is 1.13 bits per heavy atom. The summed E-state index contributed by atoms with van der Waals surface area (Å²) in [7, 11) is -10.7. The maximum Gasteiger partial charge on any atom is 0.473 e. The van der Waals surface area contributed by atoms with E-state index in [1.165, 1.54) is 60.7 Å². The number of aliphatic imine (C=N–C) groups is 2. The first-order valence-electron chi connectivity index (χ1n) is 16.7. The molecule has 0 radical (unpaired) electrons. The molecule has 14 nitrogen and oxygen atoms in total. The number of carbonyl (C=O) groups excluding carboxylic acids is 2. The van der Waals surface area contributed by atoms with Crippen molar-refractivity contribution in [1.29, 1.82) is 0 Å². The summed E-state index contributed by atoms with van der Waals surface area (Å²) < 4.78 is 152. The Bertz CT molecular complexity index is 2740. The summed E-state index contributed by atoms with van der Waals surface area (Å²) in [5, 5.41) is 6.94. The van der Waals surface area contributed by atoms with E-state index in [4.69, 9.17) is 11.7 Å². The molecule has 0 saturated heterocycles. The van der Waals surface area contributed by atoms with Crippen LogP contribution in [0.15, 0.2) is 111 Å². The quantitative estimate of drug-likeness (QED) is 0.0652. The van der Waals surface area contributed by atoms with Gasteiger partial charge in [-0.2, -0.15) is 53.4 Å². The fourth-order valence-corrected chi connectivity index (χ4v) is 14.2. The second kappa shape index (κ2) is 16.4. The molecule has 0 saturated carbocycles. The lowest BCUT2D eigenvalue weighted by Crippen LogP contribution is -2.47. The van der Waals surface area contributed by atoms with Gasteiger partial charge >= 0.3 is 24.2 Å². The molecule has 4 aromatic carbocycles. The number of fused-ring (bicyclic) bond motifs is 2. The van der Waals surface area contributed by atoms with Crippen LogP contribution in [0.4, 0.5) is 26.3 Å². The first-order chi connectivity index (χ1) is 28.6. The number of nitrogens with zero attached hydrogens (tertiary/aromatic N) is 4. The summed E-state index contributed by atoms with van der Waals surface area (Å²) in [6.07, 6.45) is -12.7. The Labute approximate surface area is 379 Å². The second-order valence-electron chi connectivity index (χ2n) is 13.4. The number of nitrogens with two attached hydrogens (primary N) is 2. The van der Waals surface area contributed by atoms with E-state index in [1.54, 1.807) is 0 Å². The molecule has 26 heteroatoms.